The van der Waals surface area contributed by atoms with Crippen molar-refractivity contribution in [3.63, 3.8) is 0 Å². The Balaban J connectivity index is 2.23. The van der Waals surface area contributed by atoms with E-state index < -0.39 is 12.0 Å². The topological polar surface area (TPSA) is 76.5 Å². The Morgan fingerprint density at radius 1 is 1.67 bits per heavy atom. The number of carboxylic acids is 1. The first-order valence-corrected chi connectivity index (χ1v) is 5.66. The Morgan fingerprint density at radius 2 is 2.33 bits per heavy atom. The highest BCUT2D eigenvalue weighted by Gasteiger charge is 2.28. The van der Waals surface area contributed by atoms with E-state index >= 15 is 0 Å². The van der Waals surface area contributed by atoms with E-state index in [4.69, 9.17) is 15.3 Å². The molecule has 2 rings (SSSR count). The highest BCUT2D eigenvalue weighted by atomic mass is 79.9. The first-order valence-electron chi connectivity index (χ1n) is 4.87. The molecule has 0 aromatic carbocycles. The minimum atomic E-state index is -1.07. The number of hydrogen-bond donors (Lipinski definition) is 2. The van der Waals surface area contributed by atoms with Gasteiger partial charge in [0.25, 0.3) is 0 Å². The van der Waals surface area contributed by atoms with E-state index in [2.05, 4.69) is 15.9 Å². The van der Waals surface area contributed by atoms with Crippen LogP contribution in [0.3, 0.4) is 0 Å². The third-order valence-corrected chi connectivity index (χ3v) is 3.40. The van der Waals surface area contributed by atoms with Crippen LogP contribution in [0.1, 0.15) is 42.7 Å². The lowest BCUT2D eigenvalue weighted by molar-refractivity contribution is -0.139. The summed E-state index contributed by atoms with van der Waals surface area (Å²) in [5.41, 5.74) is 5.47. The van der Waals surface area contributed by atoms with Gasteiger partial charge in [0, 0.05) is 5.92 Å². The molecule has 0 aliphatic heterocycles. The summed E-state index contributed by atoms with van der Waals surface area (Å²) < 4.78 is 6.32. The molecule has 0 amide bonds. The Kier molecular flexibility index (Phi) is 2.84. The standard InChI is InChI=1S/C10H12BrNO3/c11-6-4-7(8(12)10(13)14)15-9(6)5-2-1-3-5/h4-5,8H,1-3,12H2,(H,13,14). The van der Waals surface area contributed by atoms with E-state index in [-0.39, 0.29) is 0 Å². The second-order valence-corrected chi connectivity index (χ2v) is 4.66. The minimum absolute atomic E-state index is 0.316. The van der Waals surface area contributed by atoms with Crippen molar-refractivity contribution >= 4 is 21.9 Å². The highest BCUT2D eigenvalue weighted by molar-refractivity contribution is 9.10. The smallest absolute Gasteiger partial charge is 0.328 e. The zero-order valence-electron chi connectivity index (χ0n) is 8.07. The summed E-state index contributed by atoms with van der Waals surface area (Å²) >= 11 is 3.37. The van der Waals surface area contributed by atoms with Crippen molar-refractivity contribution < 1.29 is 14.3 Å². The maximum Gasteiger partial charge on any atom is 0.328 e. The summed E-state index contributed by atoms with van der Waals surface area (Å²) in [5.74, 6) is 0.509. The molecule has 82 valence electrons. The van der Waals surface area contributed by atoms with Crippen LogP contribution in [0, 0.1) is 0 Å². The van der Waals surface area contributed by atoms with Crippen LogP contribution in [0.25, 0.3) is 0 Å². The first-order chi connectivity index (χ1) is 7.09. The second-order valence-electron chi connectivity index (χ2n) is 3.80. The van der Waals surface area contributed by atoms with Crippen molar-refractivity contribution in [3.05, 3.63) is 22.1 Å². The molecule has 5 heteroatoms. The zero-order valence-corrected chi connectivity index (χ0v) is 9.66. The van der Waals surface area contributed by atoms with Crippen LogP contribution in [-0.4, -0.2) is 11.1 Å². The Morgan fingerprint density at radius 3 is 2.80 bits per heavy atom. The lowest BCUT2D eigenvalue weighted by Gasteiger charge is -2.23. The van der Waals surface area contributed by atoms with Crippen molar-refractivity contribution in [1.29, 1.82) is 0 Å². The van der Waals surface area contributed by atoms with E-state index in [1.807, 2.05) is 0 Å². The number of furan rings is 1. The molecule has 1 aliphatic carbocycles. The fourth-order valence-corrected chi connectivity index (χ4v) is 2.26. The minimum Gasteiger partial charge on any atom is -0.480 e. The maximum atomic E-state index is 10.7. The van der Waals surface area contributed by atoms with Crippen LogP contribution >= 0.6 is 15.9 Å². The van der Waals surface area contributed by atoms with Gasteiger partial charge in [-0.25, -0.2) is 0 Å². The van der Waals surface area contributed by atoms with Crippen LogP contribution in [-0.2, 0) is 4.79 Å². The third-order valence-electron chi connectivity index (χ3n) is 2.78. The molecule has 4 nitrogen and oxygen atoms in total. The molecule has 1 aliphatic rings. The number of aliphatic carboxylic acids is 1. The van der Waals surface area contributed by atoms with Crippen LogP contribution < -0.4 is 5.73 Å². The van der Waals surface area contributed by atoms with Gasteiger partial charge in [0.2, 0.25) is 0 Å². The van der Waals surface area contributed by atoms with E-state index in [1.165, 1.54) is 6.42 Å². The zero-order chi connectivity index (χ0) is 11.0. The van der Waals surface area contributed by atoms with Gasteiger partial charge in [-0.05, 0) is 34.8 Å². The highest BCUT2D eigenvalue weighted by Crippen LogP contribution is 2.41. The van der Waals surface area contributed by atoms with Crippen molar-refractivity contribution in [1.82, 2.24) is 0 Å². The van der Waals surface area contributed by atoms with E-state index in [0.29, 0.717) is 11.7 Å². The van der Waals surface area contributed by atoms with E-state index in [0.717, 1.165) is 23.1 Å². The van der Waals surface area contributed by atoms with Gasteiger partial charge in [-0.2, -0.15) is 0 Å². The molecular formula is C10H12BrNO3. The fourth-order valence-electron chi connectivity index (χ4n) is 1.62. The molecule has 1 aromatic rings. The van der Waals surface area contributed by atoms with Gasteiger partial charge in [0.1, 0.15) is 11.5 Å². The summed E-state index contributed by atoms with van der Waals surface area (Å²) in [5, 5.41) is 8.75. The summed E-state index contributed by atoms with van der Waals surface area (Å²) in [4.78, 5) is 10.7. The summed E-state index contributed by atoms with van der Waals surface area (Å²) in [7, 11) is 0. The van der Waals surface area contributed by atoms with Crippen molar-refractivity contribution in [2.75, 3.05) is 0 Å². The lowest BCUT2D eigenvalue weighted by atomic mass is 9.84. The third kappa shape index (κ3) is 1.94. The first kappa shape index (κ1) is 10.7. The Hall–Kier alpha value is -0.810. The normalized spacial score (nSPS) is 18.5. The number of halogens is 1. The molecule has 15 heavy (non-hydrogen) atoms. The van der Waals surface area contributed by atoms with E-state index in [9.17, 15) is 4.79 Å². The van der Waals surface area contributed by atoms with Gasteiger partial charge in [0.15, 0.2) is 6.04 Å². The second kappa shape index (κ2) is 3.98. The largest absolute Gasteiger partial charge is 0.480 e. The van der Waals surface area contributed by atoms with Crippen LogP contribution in [0.5, 0.6) is 0 Å². The predicted molar refractivity (Wildman–Crippen MR) is 57.6 cm³/mol. The molecule has 0 spiro atoms. The summed E-state index contributed by atoms with van der Waals surface area (Å²) in [6.45, 7) is 0. The molecule has 0 radical (unpaired) electrons. The SMILES string of the molecule is NC(C(=O)O)c1cc(Br)c(C2CCC2)o1. The number of carboxylic acid groups (broad SMARTS) is 1. The number of rotatable bonds is 3. The summed E-state index contributed by atoms with van der Waals surface area (Å²) in [6.07, 6.45) is 3.42. The average Bonchev–Trinajstić information content (AvgIpc) is 2.44. The maximum absolute atomic E-state index is 10.7. The van der Waals surface area contributed by atoms with E-state index in [1.54, 1.807) is 6.07 Å². The fraction of sp³-hybridized carbons (Fsp3) is 0.500. The van der Waals surface area contributed by atoms with Gasteiger partial charge in [0.05, 0.1) is 4.47 Å². The molecule has 0 saturated heterocycles. The monoisotopic (exact) mass is 273 g/mol. The lowest BCUT2D eigenvalue weighted by Crippen LogP contribution is -2.19. The number of carbonyl (C=O) groups is 1. The van der Waals surface area contributed by atoms with Crippen LogP contribution in [0.2, 0.25) is 0 Å². The van der Waals surface area contributed by atoms with Gasteiger partial charge < -0.3 is 15.3 Å². The molecule has 1 fully saturated rings. The predicted octanol–water partition coefficient (Wildman–Crippen LogP) is 2.39. The Labute approximate surface area is 95.6 Å². The molecule has 1 atom stereocenters. The molecule has 0 bridgehead atoms. The van der Waals surface area contributed by atoms with Crippen molar-refractivity contribution in [2.24, 2.45) is 5.73 Å². The van der Waals surface area contributed by atoms with Gasteiger partial charge >= 0.3 is 5.97 Å². The molecule has 1 saturated carbocycles. The van der Waals surface area contributed by atoms with Crippen LogP contribution in [0.15, 0.2) is 15.0 Å². The summed E-state index contributed by atoms with van der Waals surface area (Å²) in [6, 6.07) is 0.585. The van der Waals surface area contributed by atoms with Crippen LogP contribution in [0.4, 0.5) is 0 Å². The molecule has 1 unspecified atom stereocenters. The average molecular weight is 274 g/mol. The number of nitrogens with two attached hydrogens (primary N) is 1. The quantitative estimate of drug-likeness (QED) is 0.887. The van der Waals surface area contributed by atoms with Gasteiger partial charge in [-0.3, -0.25) is 4.79 Å². The molecular weight excluding hydrogens is 262 g/mol. The van der Waals surface area contributed by atoms with Gasteiger partial charge in [-0.15, -0.1) is 0 Å². The molecule has 1 aromatic heterocycles. The number of hydrogen-bond acceptors (Lipinski definition) is 3. The Bertz CT molecular complexity index is 384. The molecule has 1 heterocycles. The van der Waals surface area contributed by atoms with Crippen molar-refractivity contribution in [3.8, 4) is 0 Å². The van der Waals surface area contributed by atoms with Crippen molar-refractivity contribution in [2.45, 2.75) is 31.2 Å². The molecule has 3 N–H and O–H groups in total. The van der Waals surface area contributed by atoms with Gasteiger partial charge in [-0.1, -0.05) is 6.42 Å².